The number of hydrogen-bond acceptors (Lipinski definition) is 5. The van der Waals surface area contributed by atoms with Gasteiger partial charge < -0.3 is 9.84 Å². The summed E-state index contributed by atoms with van der Waals surface area (Å²) in [5.41, 5.74) is 0.646. The molecular formula is C26H29FN4O3. The number of aromatic nitrogens is 3. The van der Waals surface area contributed by atoms with Gasteiger partial charge in [-0.3, -0.25) is 14.2 Å². The lowest BCUT2D eigenvalue weighted by Gasteiger charge is -2.57. The van der Waals surface area contributed by atoms with Crippen molar-refractivity contribution in [3.05, 3.63) is 46.8 Å². The van der Waals surface area contributed by atoms with Crippen LogP contribution in [0.1, 0.15) is 51.9 Å². The minimum atomic E-state index is -0.440. The molecule has 34 heavy (non-hydrogen) atoms. The van der Waals surface area contributed by atoms with E-state index in [2.05, 4.69) is 22.4 Å². The molecular weight excluding hydrogens is 435 g/mol. The molecule has 1 N–H and O–H groups in total. The van der Waals surface area contributed by atoms with Gasteiger partial charge in [0.15, 0.2) is 0 Å². The fourth-order valence-corrected chi connectivity index (χ4v) is 7.54. The predicted molar refractivity (Wildman–Crippen MR) is 124 cm³/mol. The first kappa shape index (κ1) is 21.5. The first-order valence-electron chi connectivity index (χ1n) is 12.3. The molecule has 4 saturated carbocycles. The third-order valence-corrected chi connectivity index (χ3v) is 8.19. The molecule has 0 aliphatic heterocycles. The lowest BCUT2D eigenvalue weighted by molar-refractivity contribution is -0.123. The molecule has 4 aliphatic carbocycles. The van der Waals surface area contributed by atoms with Crippen LogP contribution in [0.25, 0.3) is 22.4 Å². The van der Waals surface area contributed by atoms with Crippen LogP contribution < -0.4 is 10.9 Å². The average molecular weight is 465 g/mol. The van der Waals surface area contributed by atoms with Crippen LogP contribution in [0.5, 0.6) is 0 Å². The molecule has 2 heterocycles. The second-order valence-electron chi connectivity index (χ2n) is 11.0. The van der Waals surface area contributed by atoms with Crippen LogP contribution in [0.2, 0.25) is 0 Å². The van der Waals surface area contributed by atoms with E-state index in [0.717, 1.165) is 24.2 Å². The van der Waals surface area contributed by atoms with Gasteiger partial charge in [-0.1, -0.05) is 17.3 Å². The summed E-state index contributed by atoms with van der Waals surface area (Å²) in [7, 11) is 0. The van der Waals surface area contributed by atoms with Crippen LogP contribution in [-0.2, 0) is 11.3 Å². The van der Waals surface area contributed by atoms with Crippen LogP contribution in [-0.4, -0.2) is 26.7 Å². The van der Waals surface area contributed by atoms with Gasteiger partial charge in [0.1, 0.15) is 29.8 Å². The lowest BCUT2D eigenvalue weighted by atomic mass is 9.48. The smallest absolute Gasteiger partial charge is 0.267 e. The monoisotopic (exact) mass is 464 g/mol. The second-order valence-corrected chi connectivity index (χ2v) is 11.0. The Morgan fingerprint density at radius 1 is 1.24 bits per heavy atom. The molecule has 0 radical (unpaired) electrons. The first-order chi connectivity index (χ1) is 16.4. The highest BCUT2D eigenvalue weighted by Crippen LogP contribution is 2.61. The summed E-state index contributed by atoms with van der Waals surface area (Å²) in [5, 5.41) is 7.17. The van der Waals surface area contributed by atoms with Gasteiger partial charge in [-0.2, -0.15) is 0 Å². The molecule has 1 atom stereocenters. The SMILES string of the molecule is C[C@@H](CC12CC3CC(CC(C3)C1)C2)NC(=O)Cn1cnc2onc(-c3cccc(F)c3)c2c1=O. The Labute approximate surface area is 196 Å². The molecule has 4 aliphatic rings. The number of rotatable bonds is 6. The predicted octanol–water partition coefficient (Wildman–Crippen LogP) is 4.30. The van der Waals surface area contributed by atoms with E-state index in [0.29, 0.717) is 11.0 Å². The summed E-state index contributed by atoms with van der Waals surface area (Å²) in [6.07, 6.45) is 10.4. The Bertz CT molecular complexity index is 1280. The average Bonchev–Trinajstić information content (AvgIpc) is 3.19. The Kier molecular flexibility index (Phi) is 5.08. The summed E-state index contributed by atoms with van der Waals surface area (Å²) >= 11 is 0. The van der Waals surface area contributed by atoms with Crippen LogP contribution in [0, 0.1) is 29.0 Å². The van der Waals surface area contributed by atoms with Crippen LogP contribution >= 0.6 is 0 Å². The van der Waals surface area contributed by atoms with E-state index in [9.17, 15) is 14.0 Å². The van der Waals surface area contributed by atoms with Crippen LogP contribution in [0.3, 0.4) is 0 Å². The summed E-state index contributed by atoms with van der Waals surface area (Å²) in [5.74, 6) is 1.97. The molecule has 1 aromatic carbocycles. The fourth-order valence-electron chi connectivity index (χ4n) is 7.54. The van der Waals surface area contributed by atoms with Gasteiger partial charge in [0, 0.05) is 11.6 Å². The molecule has 7 rings (SSSR count). The molecule has 2 aromatic heterocycles. The molecule has 178 valence electrons. The Morgan fingerprint density at radius 2 is 1.94 bits per heavy atom. The van der Waals surface area contributed by atoms with E-state index in [-0.39, 0.29) is 35.3 Å². The molecule has 7 nitrogen and oxygen atoms in total. The first-order valence-corrected chi connectivity index (χ1v) is 12.3. The summed E-state index contributed by atoms with van der Waals surface area (Å²) < 4.78 is 20.1. The highest BCUT2D eigenvalue weighted by Gasteiger charge is 2.51. The zero-order valence-corrected chi connectivity index (χ0v) is 19.3. The second kappa shape index (κ2) is 8.03. The summed E-state index contributed by atoms with van der Waals surface area (Å²) in [4.78, 5) is 30.1. The summed E-state index contributed by atoms with van der Waals surface area (Å²) in [6.45, 7) is 1.93. The molecule has 4 fully saturated rings. The molecule has 1 amide bonds. The minimum Gasteiger partial charge on any atom is -0.352 e. The number of carbonyl (C=O) groups excluding carboxylic acids is 1. The lowest BCUT2D eigenvalue weighted by Crippen LogP contribution is -2.49. The van der Waals surface area contributed by atoms with Crippen molar-refractivity contribution in [1.29, 1.82) is 0 Å². The van der Waals surface area contributed by atoms with Crippen molar-refractivity contribution >= 4 is 17.0 Å². The van der Waals surface area contributed by atoms with Gasteiger partial charge in [0.25, 0.3) is 11.3 Å². The number of fused-ring (bicyclic) bond motifs is 1. The number of amides is 1. The van der Waals surface area contributed by atoms with Crippen molar-refractivity contribution in [2.45, 2.75) is 64.5 Å². The van der Waals surface area contributed by atoms with Gasteiger partial charge in [-0.25, -0.2) is 9.37 Å². The molecule has 8 heteroatoms. The van der Waals surface area contributed by atoms with Gasteiger partial charge in [-0.15, -0.1) is 0 Å². The van der Waals surface area contributed by atoms with E-state index in [1.54, 1.807) is 12.1 Å². The number of halogens is 1. The Hall–Kier alpha value is -3.03. The van der Waals surface area contributed by atoms with E-state index < -0.39 is 11.4 Å². The maximum Gasteiger partial charge on any atom is 0.267 e. The van der Waals surface area contributed by atoms with Crippen molar-refractivity contribution in [1.82, 2.24) is 20.0 Å². The molecule has 4 bridgehead atoms. The van der Waals surface area contributed by atoms with Crippen LogP contribution in [0.4, 0.5) is 4.39 Å². The number of nitrogens with zero attached hydrogens (tertiary/aromatic N) is 3. The van der Waals surface area contributed by atoms with Gasteiger partial charge in [0.2, 0.25) is 5.91 Å². The van der Waals surface area contributed by atoms with Crippen LogP contribution in [0.15, 0.2) is 39.9 Å². The number of nitrogens with one attached hydrogen (secondary N) is 1. The quantitative estimate of drug-likeness (QED) is 0.587. The zero-order valence-electron chi connectivity index (χ0n) is 19.3. The van der Waals surface area contributed by atoms with Crippen molar-refractivity contribution < 1.29 is 13.7 Å². The van der Waals surface area contributed by atoms with Gasteiger partial charge in [0.05, 0.1) is 0 Å². The normalized spacial score (nSPS) is 28.4. The largest absolute Gasteiger partial charge is 0.352 e. The molecule has 0 unspecified atom stereocenters. The maximum absolute atomic E-state index is 13.7. The van der Waals surface area contributed by atoms with Crippen molar-refractivity contribution in [2.24, 2.45) is 23.2 Å². The third kappa shape index (κ3) is 3.83. The van der Waals surface area contributed by atoms with E-state index in [1.165, 1.54) is 61.6 Å². The standard InChI is InChI=1S/C26H29FN4O3/c1-15(9-26-10-16-5-17(11-26)7-18(6-16)12-26)29-21(32)13-31-14-28-24-22(25(31)33)23(30-34-24)19-3-2-4-20(27)8-19/h2-4,8,14-18H,5-7,9-13H2,1H3,(H,29,32)/t15-,16?,17?,18?,26?/m0/s1. The Balaban J connectivity index is 1.17. The minimum absolute atomic E-state index is 0.0505. The van der Waals surface area contributed by atoms with E-state index in [1.807, 2.05) is 0 Å². The van der Waals surface area contributed by atoms with Crippen molar-refractivity contribution in [3.8, 4) is 11.3 Å². The molecule has 0 saturated heterocycles. The topological polar surface area (TPSA) is 90.0 Å². The van der Waals surface area contributed by atoms with Crippen molar-refractivity contribution in [2.75, 3.05) is 0 Å². The number of hydrogen-bond donors (Lipinski definition) is 1. The highest BCUT2D eigenvalue weighted by atomic mass is 19.1. The molecule has 0 spiro atoms. The zero-order chi connectivity index (χ0) is 23.4. The van der Waals surface area contributed by atoms with E-state index >= 15 is 0 Å². The van der Waals surface area contributed by atoms with Crippen molar-refractivity contribution in [3.63, 3.8) is 0 Å². The highest BCUT2D eigenvalue weighted by molar-refractivity contribution is 5.88. The van der Waals surface area contributed by atoms with Gasteiger partial charge in [-0.05, 0) is 87.2 Å². The van der Waals surface area contributed by atoms with Gasteiger partial charge >= 0.3 is 0 Å². The number of benzene rings is 1. The third-order valence-electron chi connectivity index (χ3n) is 8.19. The fraction of sp³-hybridized carbons (Fsp3) is 0.538. The maximum atomic E-state index is 13.7. The number of carbonyl (C=O) groups is 1. The molecule has 3 aromatic rings. The Morgan fingerprint density at radius 3 is 2.62 bits per heavy atom. The summed E-state index contributed by atoms with van der Waals surface area (Å²) in [6, 6.07) is 5.84. The van der Waals surface area contributed by atoms with E-state index in [4.69, 9.17) is 4.52 Å².